The summed E-state index contributed by atoms with van der Waals surface area (Å²) in [6, 6.07) is 0. The first-order valence-corrected chi connectivity index (χ1v) is 5.01. The molecule has 0 aromatic carbocycles. The number of alkyl halides is 1. The molecule has 2 rings (SSSR count). The summed E-state index contributed by atoms with van der Waals surface area (Å²) in [5.41, 5.74) is 0. The van der Waals surface area contributed by atoms with Crippen molar-refractivity contribution in [1.82, 2.24) is 0 Å². The van der Waals surface area contributed by atoms with Crippen molar-refractivity contribution < 1.29 is 0 Å². The standard InChI is InChI=1S/C9H15Cl/c10-6-5-9(7-1-2-7)8-3-4-8/h7-9H,1-6H2. The lowest BCUT2D eigenvalue weighted by molar-refractivity contribution is 0.395. The summed E-state index contributed by atoms with van der Waals surface area (Å²) < 4.78 is 0. The van der Waals surface area contributed by atoms with E-state index >= 15 is 0 Å². The Hall–Kier alpha value is 0.290. The van der Waals surface area contributed by atoms with E-state index in [1.807, 2.05) is 0 Å². The van der Waals surface area contributed by atoms with Gasteiger partial charge >= 0.3 is 0 Å². The molecule has 0 bridgehead atoms. The quantitative estimate of drug-likeness (QED) is 0.552. The maximum Gasteiger partial charge on any atom is 0.0226 e. The highest BCUT2D eigenvalue weighted by atomic mass is 35.5. The molecule has 2 saturated carbocycles. The van der Waals surface area contributed by atoms with Gasteiger partial charge in [0.1, 0.15) is 0 Å². The summed E-state index contributed by atoms with van der Waals surface area (Å²) >= 11 is 5.74. The summed E-state index contributed by atoms with van der Waals surface area (Å²) in [5.74, 6) is 4.09. The second-order valence-corrected chi connectivity index (χ2v) is 4.19. The SMILES string of the molecule is ClCCC(C1CC1)C1CC1. The maximum atomic E-state index is 5.74. The molecule has 0 atom stereocenters. The average molecular weight is 159 g/mol. The molecule has 0 aromatic rings. The summed E-state index contributed by atoms with van der Waals surface area (Å²) in [6.45, 7) is 0. The molecule has 2 aliphatic carbocycles. The van der Waals surface area contributed by atoms with Gasteiger partial charge in [0.15, 0.2) is 0 Å². The lowest BCUT2D eigenvalue weighted by Crippen LogP contribution is -2.05. The van der Waals surface area contributed by atoms with E-state index in [1.54, 1.807) is 0 Å². The molecule has 0 N–H and O–H groups in total. The van der Waals surface area contributed by atoms with Gasteiger partial charge in [-0.25, -0.2) is 0 Å². The number of hydrogen-bond acceptors (Lipinski definition) is 0. The van der Waals surface area contributed by atoms with E-state index < -0.39 is 0 Å². The molecule has 0 radical (unpaired) electrons. The number of rotatable bonds is 4. The summed E-state index contributed by atoms with van der Waals surface area (Å²) in [4.78, 5) is 0. The van der Waals surface area contributed by atoms with Gasteiger partial charge in [0.2, 0.25) is 0 Å². The molecule has 0 spiro atoms. The molecule has 0 saturated heterocycles. The van der Waals surface area contributed by atoms with Crippen molar-refractivity contribution in [3.05, 3.63) is 0 Å². The second kappa shape index (κ2) is 2.73. The van der Waals surface area contributed by atoms with Crippen LogP contribution in [-0.4, -0.2) is 5.88 Å². The van der Waals surface area contributed by atoms with E-state index in [2.05, 4.69) is 0 Å². The first-order valence-electron chi connectivity index (χ1n) is 4.48. The third-order valence-electron chi connectivity index (χ3n) is 2.90. The Bertz CT molecular complexity index is 102. The molecule has 0 amide bonds. The van der Waals surface area contributed by atoms with Crippen LogP contribution in [0.2, 0.25) is 0 Å². The van der Waals surface area contributed by atoms with E-state index in [0.717, 1.165) is 23.6 Å². The van der Waals surface area contributed by atoms with Crippen LogP contribution in [0, 0.1) is 17.8 Å². The van der Waals surface area contributed by atoms with Crippen LogP contribution < -0.4 is 0 Å². The molecule has 0 nitrogen and oxygen atoms in total. The zero-order chi connectivity index (χ0) is 6.97. The van der Waals surface area contributed by atoms with Crippen molar-refractivity contribution >= 4 is 11.6 Å². The minimum absolute atomic E-state index is 0.887. The minimum atomic E-state index is 0.887. The van der Waals surface area contributed by atoms with Gasteiger partial charge in [-0.15, -0.1) is 11.6 Å². The van der Waals surface area contributed by atoms with Gasteiger partial charge < -0.3 is 0 Å². The van der Waals surface area contributed by atoms with Gasteiger partial charge in [0, 0.05) is 5.88 Å². The molecule has 0 heterocycles. The largest absolute Gasteiger partial charge is 0.127 e. The lowest BCUT2D eigenvalue weighted by Gasteiger charge is -2.12. The number of halogens is 1. The molecule has 1 heteroatoms. The van der Waals surface area contributed by atoms with Crippen molar-refractivity contribution in [3.8, 4) is 0 Å². The Morgan fingerprint density at radius 1 is 1.10 bits per heavy atom. The first kappa shape index (κ1) is 6.97. The second-order valence-electron chi connectivity index (χ2n) is 3.82. The molecular formula is C9H15Cl. The van der Waals surface area contributed by atoms with E-state index in [9.17, 15) is 0 Å². The average Bonchev–Trinajstić information content (AvgIpc) is 2.77. The summed E-state index contributed by atoms with van der Waals surface area (Å²) in [5, 5.41) is 0. The Balaban J connectivity index is 1.80. The number of hydrogen-bond donors (Lipinski definition) is 0. The van der Waals surface area contributed by atoms with Gasteiger partial charge in [0.05, 0.1) is 0 Å². The Labute approximate surface area is 68.0 Å². The van der Waals surface area contributed by atoms with E-state index in [4.69, 9.17) is 11.6 Å². The zero-order valence-electron chi connectivity index (χ0n) is 6.35. The Morgan fingerprint density at radius 2 is 1.60 bits per heavy atom. The molecule has 0 aliphatic heterocycles. The van der Waals surface area contributed by atoms with Crippen LogP contribution in [-0.2, 0) is 0 Å². The molecule has 2 fully saturated rings. The van der Waals surface area contributed by atoms with Crippen LogP contribution in [0.1, 0.15) is 32.1 Å². The third-order valence-corrected chi connectivity index (χ3v) is 3.12. The van der Waals surface area contributed by atoms with Crippen LogP contribution in [0.25, 0.3) is 0 Å². The first-order chi connectivity index (χ1) is 4.92. The Kier molecular flexibility index (Phi) is 1.90. The maximum absolute atomic E-state index is 5.74. The summed E-state index contributed by atoms with van der Waals surface area (Å²) in [7, 11) is 0. The molecule has 58 valence electrons. The van der Waals surface area contributed by atoms with E-state index in [-0.39, 0.29) is 0 Å². The lowest BCUT2D eigenvalue weighted by atomic mass is 9.95. The predicted octanol–water partition coefficient (Wildman–Crippen LogP) is 3.05. The van der Waals surface area contributed by atoms with Crippen LogP contribution >= 0.6 is 11.6 Å². The monoisotopic (exact) mass is 158 g/mol. The normalized spacial score (nSPS) is 25.8. The van der Waals surface area contributed by atoms with Crippen molar-refractivity contribution in [2.24, 2.45) is 17.8 Å². The molecule has 0 unspecified atom stereocenters. The molecular weight excluding hydrogens is 144 g/mol. The molecule has 0 aromatic heterocycles. The topological polar surface area (TPSA) is 0 Å². The van der Waals surface area contributed by atoms with Gasteiger partial charge in [0.25, 0.3) is 0 Å². The fraction of sp³-hybridized carbons (Fsp3) is 1.00. The smallest absolute Gasteiger partial charge is 0.0226 e. The van der Waals surface area contributed by atoms with Gasteiger partial charge in [-0.1, -0.05) is 0 Å². The fourth-order valence-corrected chi connectivity index (χ4v) is 2.28. The van der Waals surface area contributed by atoms with Crippen molar-refractivity contribution in [2.75, 3.05) is 5.88 Å². The van der Waals surface area contributed by atoms with Crippen molar-refractivity contribution in [1.29, 1.82) is 0 Å². The fourth-order valence-electron chi connectivity index (χ4n) is 2.03. The van der Waals surface area contributed by atoms with Crippen LogP contribution in [0.4, 0.5) is 0 Å². The van der Waals surface area contributed by atoms with Gasteiger partial charge in [-0.05, 0) is 49.9 Å². The zero-order valence-corrected chi connectivity index (χ0v) is 7.11. The highest BCUT2D eigenvalue weighted by Gasteiger charge is 2.40. The van der Waals surface area contributed by atoms with E-state index in [1.165, 1.54) is 32.1 Å². The van der Waals surface area contributed by atoms with Crippen molar-refractivity contribution in [2.45, 2.75) is 32.1 Å². The van der Waals surface area contributed by atoms with Crippen LogP contribution in [0.5, 0.6) is 0 Å². The van der Waals surface area contributed by atoms with E-state index in [0.29, 0.717) is 0 Å². The molecule has 10 heavy (non-hydrogen) atoms. The molecule has 2 aliphatic rings. The minimum Gasteiger partial charge on any atom is -0.127 e. The van der Waals surface area contributed by atoms with Crippen molar-refractivity contribution in [3.63, 3.8) is 0 Å². The Morgan fingerprint density at radius 3 is 1.90 bits per heavy atom. The highest BCUT2D eigenvalue weighted by molar-refractivity contribution is 6.17. The summed E-state index contributed by atoms with van der Waals surface area (Å²) in [6.07, 6.45) is 7.28. The highest BCUT2D eigenvalue weighted by Crippen LogP contribution is 2.50. The van der Waals surface area contributed by atoms with Crippen LogP contribution in [0.3, 0.4) is 0 Å². The van der Waals surface area contributed by atoms with Gasteiger partial charge in [-0.3, -0.25) is 0 Å². The third kappa shape index (κ3) is 1.47. The van der Waals surface area contributed by atoms with Gasteiger partial charge in [-0.2, -0.15) is 0 Å². The van der Waals surface area contributed by atoms with Crippen LogP contribution in [0.15, 0.2) is 0 Å². The predicted molar refractivity (Wildman–Crippen MR) is 44.3 cm³/mol.